The van der Waals surface area contributed by atoms with Crippen molar-refractivity contribution in [2.24, 2.45) is 11.7 Å². The van der Waals surface area contributed by atoms with E-state index in [4.69, 9.17) is 33.7 Å². The Morgan fingerprint density at radius 2 is 1.93 bits per heavy atom. The molecule has 3 rings (SSSR count). The van der Waals surface area contributed by atoms with Crippen LogP contribution in [0.4, 0.5) is 5.69 Å². The lowest BCUT2D eigenvalue weighted by molar-refractivity contribution is -0.123. The lowest BCUT2D eigenvalue weighted by atomic mass is 9.96. The van der Waals surface area contributed by atoms with Gasteiger partial charge in [-0.3, -0.25) is 14.5 Å². The second-order valence-corrected chi connectivity index (χ2v) is 8.32. The molecule has 0 aliphatic carbocycles. The number of likely N-dealkylation sites (tertiary alicyclic amines) is 1. The average Bonchev–Trinajstić information content (AvgIpc) is 2.70. The number of benzene rings is 2. The van der Waals surface area contributed by atoms with Crippen LogP contribution in [0.25, 0.3) is 0 Å². The molecule has 160 valence electrons. The third-order valence-electron chi connectivity index (χ3n) is 5.16. The molecule has 1 fully saturated rings. The van der Waals surface area contributed by atoms with Gasteiger partial charge in [-0.05, 0) is 68.8 Å². The highest BCUT2D eigenvalue weighted by atomic mass is 35.5. The van der Waals surface area contributed by atoms with Crippen LogP contribution in [-0.4, -0.2) is 35.9 Å². The van der Waals surface area contributed by atoms with E-state index in [1.54, 1.807) is 25.1 Å². The van der Waals surface area contributed by atoms with Gasteiger partial charge in [-0.1, -0.05) is 35.3 Å². The first-order valence-electron chi connectivity index (χ1n) is 9.85. The van der Waals surface area contributed by atoms with E-state index in [0.29, 0.717) is 21.5 Å². The molecule has 0 radical (unpaired) electrons. The lowest BCUT2D eigenvalue weighted by Gasteiger charge is -2.30. The van der Waals surface area contributed by atoms with E-state index >= 15 is 0 Å². The van der Waals surface area contributed by atoms with Gasteiger partial charge in [-0.15, -0.1) is 0 Å². The van der Waals surface area contributed by atoms with E-state index in [1.165, 1.54) is 0 Å². The molecule has 1 aliphatic rings. The molecule has 0 spiro atoms. The Hall–Kier alpha value is -2.28. The summed E-state index contributed by atoms with van der Waals surface area (Å²) in [6, 6.07) is 12.6. The van der Waals surface area contributed by atoms with Crippen molar-refractivity contribution in [1.82, 2.24) is 4.90 Å². The first-order chi connectivity index (χ1) is 14.3. The van der Waals surface area contributed by atoms with Crippen LogP contribution in [0.15, 0.2) is 42.5 Å². The number of anilines is 1. The predicted octanol–water partition coefficient (Wildman–Crippen LogP) is 4.10. The molecule has 0 bridgehead atoms. The van der Waals surface area contributed by atoms with Gasteiger partial charge in [-0.25, -0.2) is 0 Å². The zero-order valence-corrected chi connectivity index (χ0v) is 18.2. The lowest BCUT2D eigenvalue weighted by Crippen LogP contribution is -2.38. The van der Waals surface area contributed by atoms with Crippen LogP contribution in [0.2, 0.25) is 10.0 Å². The smallest absolute Gasteiger partial charge is 0.265 e. The zero-order valence-electron chi connectivity index (χ0n) is 16.7. The first-order valence-corrected chi connectivity index (χ1v) is 10.6. The molecule has 0 saturated carbocycles. The fourth-order valence-corrected chi connectivity index (χ4v) is 3.89. The van der Waals surface area contributed by atoms with E-state index in [1.807, 2.05) is 24.3 Å². The number of amides is 2. The number of hydrogen-bond donors (Lipinski definition) is 2. The van der Waals surface area contributed by atoms with Crippen molar-refractivity contribution < 1.29 is 14.3 Å². The summed E-state index contributed by atoms with van der Waals surface area (Å²) in [5.41, 5.74) is 7.18. The summed E-state index contributed by atoms with van der Waals surface area (Å²) in [5.74, 6) is -0.115. The highest BCUT2D eigenvalue weighted by Crippen LogP contribution is 2.28. The third kappa shape index (κ3) is 6.11. The summed E-state index contributed by atoms with van der Waals surface area (Å²) in [4.78, 5) is 26.1. The normalized spacial score (nSPS) is 16.1. The van der Waals surface area contributed by atoms with Crippen LogP contribution in [0.5, 0.6) is 5.75 Å². The molecule has 8 heteroatoms. The van der Waals surface area contributed by atoms with Crippen LogP contribution in [0.3, 0.4) is 0 Å². The number of piperidine rings is 1. The number of halogens is 2. The summed E-state index contributed by atoms with van der Waals surface area (Å²) in [6.45, 7) is 4.07. The van der Waals surface area contributed by atoms with Crippen molar-refractivity contribution in [3.8, 4) is 5.75 Å². The molecule has 1 heterocycles. The van der Waals surface area contributed by atoms with Gasteiger partial charge >= 0.3 is 0 Å². The number of rotatable bonds is 7. The van der Waals surface area contributed by atoms with E-state index in [-0.39, 0.29) is 17.7 Å². The highest BCUT2D eigenvalue weighted by Gasteiger charge is 2.23. The molecule has 0 aromatic heterocycles. The molecule has 1 aliphatic heterocycles. The molecule has 30 heavy (non-hydrogen) atoms. The number of primary amides is 1. The molecular formula is C22H25Cl2N3O3. The molecule has 1 unspecified atom stereocenters. The number of nitrogens with two attached hydrogens (primary N) is 1. The van der Waals surface area contributed by atoms with Gasteiger partial charge in [0.2, 0.25) is 5.91 Å². The van der Waals surface area contributed by atoms with Crippen LogP contribution < -0.4 is 15.8 Å². The Balaban J connectivity index is 1.55. The van der Waals surface area contributed by atoms with Crippen molar-refractivity contribution in [2.75, 3.05) is 18.4 Å². The van der Waals surface area contributed by atoms with Gasteiger partial charge in [0.25, 0.3) is 5.91 Å². The van der Waals surface area contributed by atoms with Crippen molar-refractivity contribution in [1.29, 1.82) is 0 Å². The van der Waals surface area contributed by atoms with Crippen LogP contribution in [-0.2, 0) is 16.1 Å². The Morgan fingerprint density at radius 3 is 2.60 bits per heavy atom. The Morgan fingerprint density at radius 1 is 1.20 bits per heavy atom. The molecular weight excluding hydrogens is 425 g/mol. The molecule has 2 aromatic rings. The Bertz CT molecular complexity index is 914. The number of nitrogens with zero attached hydrogens (tertiary/aromatic N) is 1. The van der Waals surface area contributed by atoms with Crippen molar-refractivity contribution in [3.63, 3.8) is 0 Å². The number of ether oxygens (including phenoxy) is 1. The van der Waals surface area contributed by atoms with Crippen molar-refractivity contribution in [2.45, 2.75) is 32.4 Å². The number of carbonyl (C=O) groups excluding carboxylic acids is 2. The molecule has 2 aromatic carbocycles. The number of carbonyl (C=O) groups is 2. The SMILES string of the molecule is CC(Oc1ccc(Cl)cc1Cl)C(=O)Nc1cccc(CN2CCC(C(N)=O)CC2)c1. The molecule has 1 saturated heterocycles. The summed E-state index contributed by atoms with van der Waals surface area (Å²) in [5, 5.41) is 3.73. The van der Waals surface area contributed by atoms with Crippen molar-refractivity contribution in [3.05, 3.63) is 58.1 Å². The average molecular weight is 450 g/mol. The van der Waals surface area contributed by atoms with Gasteiger partial charge in [0.15, 0.2) is 6.10 Å². The summed E-state index contributed by atoms with van der Waals surface area (Å²) in [7, 11) is 0. The minimum Gasteiger partial charge on any atom is -0.479 e. The second kappa shape index (κ2) is 10.2. The summed E-state index contributed by atoms with van der Waals surface area (Å²) in [6.07, 6.45) is 0.835. The standard InChI is InChI=1S/C22H25Cl2N3O3/c1-14(30-20-6-5-17(23)12-19(20)24)22(29)26-18-4-2-3-15(11-18)13-27-9-7-16(8-10-27)21(25)28/h2-6,11-12,14,16H,7-10,13H2,1H3,(H2,25,28)(H,26,29). The Labute approximate surface area is 186 Å². The molecule has 1 atom stereocenters. The topological polar surface area (TPSA) is 84.7 Å². The molecule has 6 nitrogen and oxygen atoms in total. The maximum Gasteiger partial charge on any atom is 0.265 e. The third-order valence-corrected chi connectivity index (χ3v) is 5.69. The van der Waals surface area contributed by atoms with Crippen LogP contribution >= 0.6 is 23.2 Å². The van der Waals surface area contributed by atoms with Gasteiger partial charge in [0, 0.05) is 23.2 Å². The monoisotopic (exact) mass is 449 g/mol. The predicted molar refractivity (Wildman–Crippen MR) is 119 cm³/mol. The minimum atomic E-state index is -0.736. The number of hydrogen-bond acceptors (Lipinski definition) is 4. The van der Waals surface area contributed by atoms with Crippen molar-refractivity contribution >= 4 is 40.7 Å². The largest absolute Gasteiger partial charge is 0.479 e. The zero-order chi connectivity index (χ0) is 21.7. The summed E-state index contributed by atoms with van der Waals surface area (Å²) >= 11 is 12.0. The van der Waals surface area contributed by atoms with Gasteiger partial charge in [-0.2, -0.15) is 0 Å². The Kier molecular flexibility index (Phi) is 7.58. The fourth-order valence-electron chi connectivity index (χ4n) is 3.44. The summed E-state index contributed by atoms with van der Waals surface area (Å²) < 4.78 is 5.67. The van der Waals surface area contributed by atoms with Crippen LogP contribution in [0.1, 0.15) is 25.3 Å². The van der Waals surface area contributed by atoms with Gasteiger partial charge < -0.3 is 15.8 Å². The van der Waals surface area contributed by atoms with E-state index in [9.17, 15) is 9.59 Å². The maximum absolute atomic E-state index is 12.5. The number of nitrogens with one attached hydrogen (secondary N) is 1. The van der Waals surface area contributed by atoms with Gasteiger partial charge in [0.1, 0.15) is 5.75 Å². The van der Waals surface area contributed by atoms with E-state index < -0.39 is 6.10 Å². The highest BCUT2D eigenvalue weighted by molar-refractivity contribution is 6.35. The van der Waals surface area contributed by atoms with Crippen LogP contribution in [0, 0.1) is 5.92 Å². The molecule has 2 amide bonds. The second-order valence-electron chi connectivity index (χ2n) is 7.48. The van der Waals surface area contributed by atoms with E-state index in [0.717, 1.165) is 38.0 Å². The quantitative estimate of drug-likeness (QED) is 0.666. The fraction of sp³-hybridized carbons (Fsp3) is 0.364. The maximum atomic E-state index is 12.5. The minimum absolute atomic E-state index is 0.0255. The first kappa shape index (κ1) is 22.4. The van der Waals surface area contributed by atoms with Gasteiger partial charge in [0.05, 0.1) is 5.02 Å². The van der Waals surface area contributed by atoms with E-state index in [2.05, 4.69) is 10.2 Å². The molecule has 3 N–H and O–H groups in total.